The summed E-state index contributed by atoms with van der Waals surface area (Å²) in [5.74, 6) is 0. The zero-order valence-electron chi connectivity index (χ0n) is 4.52. The molecule has 0 aromatic carbocycles. The van der Waals surface area contributed by atoms with Gasteiger partial charge in [-0.2, -0.15) is 13.2 Å². The van der Waals surface area contributed by atoms with Gasteiger partial charge in [0.25, 0.3) is 0 Å². The zero-order chi connectivity index (χ0) is 9.50. The maximum Gasteiger partial charge on any atom is 0.416 e. The number of rotatable bonds is 1. The molecule has 0 nitrogen and oxygen atoms in total. The first-order chi connectivity index (χ1) is 4.50. The first-order valence-electron chi connectivity index (χ1n) is 2.01. The molecule has 0 aliphatic carbocycles. The van der Waals surface area contributed by atoms with Crippen molar-refractivity contribution in [1.82, 2.24) is 0 Å². The summed E-state index contributed by atoms with van der Waals surface area (Å²) >= 11 is 11.3. The third kappa shape index (κ3) is 3.39. The number of alkyl halides is 8. The summed E-state index contributed by atoms with van der Waals surface area (Å²) in [5, 5.41) is 0. The fourth-order valence-electron chi connectivity index (χ4n) is 0.161. The lowest BCUT2D eigenvalue weighted by Crippen LogP contribution is -2.43. The van der Waals surface area contributed by atoms with Gasteiger partial charge in [-0.1, -0.05) is 93.0 Å². The number of halogens is 8. The molecular weight excluding hydrogens is 587 g/mol. The Bertz CT molecular complexity index is 133. The van der Waals surface area contributed by atoms with Crippen molar-refractivity contribution in [2.75, 3.05) is 0 Å². The fraction of sp³-hybridized carbons (Fsp3) is 1.00. The summed E-state index contributed by atoms with van der Waals surface area (Å²) < 4.78 is 33.3. The van der Waals surface area contributed by atoms with E-state index in [0.717, 1.165) is 0 Å². The maximum absolute atomic E-state index is 12.2. The van der Waals surface area contributed by atoms with E-state index in [9.17, 15) is 13.2 Å². The van der Waals surface area contributed by atoms with Gasteiger partial charge in [0.05, 0.1) is 0 Å². The Balaban J connectivity index is 4.75. The Morgan fingerprint density at radius 3 is 1.18 bits per heavy atom. The second kappa shape index (κ2) is 4.05. The topological polar surface area (TPSA) is 0 Å². The van der Waals surface area contributed by atoms with E-state index in [-0.39, 0.29) is 0 Å². The number of hydrogen-bond donors (Lipinski definition) is 0. The fourth-order valence-corrected chi connectivity index (χ4v) is 0.997. The van der Waals surface area contributed by atoms with Gasteiger partial charge in [0.1, 0.15) is 0 Å². The van der Waals surface area contributed by atoms with Crippen LogP contribution < -0.4 is 0 Å². The minimum atomic E-state index is -4.35. The van der Waals surface area contributed by atoms with Crippen LogP contribution in [0.3, 0.4) is 0 Å². The summed E-state index contributed by atoms with van der Waals surface area (Å²) in [7, 11) is 0. The van der Waals surface area contributed by atoms with Crippen LogP contribution in [0.5, 0.6) is 0 Å². The molecule has 0 aromatic heterocycles. The highest BCUT2D eigenvalue weighted by Gasteiger charge is 2.62. The summed E-state index contributed by atoms with van der Waals surface area (Å²) in [6.45, 7) is 0. The molecule has 0 atom stereocenters. The molecule has 68 valence electrons. The molecule has 0 bridgehead atoms. The van der Waals surface area contributed by atoms with Gasteiger partial charge in [0.2, 0.25) is 3.23 Å². The van der Waals surface area contributed by atoms with E-state index in [2.05, 4.69) is 47.8 Å². The van der Waals surface area contributed by atoms with Crippen molar-refractivity contribution in [2.24, 2.45) is 0 Å². The van der Waals surface area contributed by atoms with Crippen molar-refractivity contribution in [3.05, 3.63) is 0 Å². The smallest absolute Gasteiger partial charge is 0.168 e. The normalized spacial score (nSPS) is 15.3. The molecule has 0 aromatic rings. The Labute approximate surface area is 114 Å². The van der Waals surface area contributed by atoms with Gasteiger partial charge in [-0.15, -0.1) is 0 Å². The van der Waals surface area contributed by atoms with E-state index in [1.54, 1.807) is 45.2 Å². The van der Waals surface area contributed by atoms with Crippen molar-refractivity contribution in [3.8, 4) is 0 Å². The van der Waals surface area contributed by atoms with E-state index in [4.69, 9.17) is 0 Å². The monoisotopic (exact) mass is 584 g/mol. The predicted octanol–water partition coefficient (Wildman–Crippen LogP) is 4.95. The van der Waals surface area contributed by atoms with Crippen LogP contribution in [0.2, 0.25) is 0 Å². The number of hydrogen-bond acceptors (Lipinski definition) is 0. The minimum absolute atomic E-state index is 1.16. The van der Waals surface area contributed by atoms with Gasteiger partial charge in [0.15, 0.2) is 0.338 Å². The van der Waals surface area contributed by atoms with Crippen molar-refractivity contribution in [1.29, 1.82) is 0 Å². The molecule has 0 radical (unpaired) electrons. The van der Waals surface area contributed by atoms with Crippen molar-refractivity contribution in [2.45, 2.75) is 9.75 Å². The van der Waals surface area contributed by atoms with Crippen LogP contribution >= 0.6 is 93.0 Å². The molecule has 0 rings (SSSR count). The molecule has 0 saturated heterocycles. The molecule has 0 aliphatic heterocycles. The van der Waals surface area contributed by atoms with Crippen LogP contribution in [0.25, 0.3) is 0 Å². The summed E-state index contributed by atoms with van der Waals surface area (Å²) in [6.07, 6.45) is -4.35. The summed E-state index contributed by atoms with van der Waals surface area (Å²) in [4.78, 5) is 0. The van der Waals surface area contributed by atoms with Crippen LogP contribution in [0.4, 0.5) is 13.2 Å². The van der Waals surface area contributed by atoms with Crippen LogP contribution in [-0.2, 0) is 0 Å². The summed E-state index contributed by atoms with van der Waals surface area (Å²) in [5.41, 5.74) is 0. The lowest BCUT2D eigenvalue weighted by Gasteiger charge is -2.31. The third-order valence-corrected chi connectivity index (χ3v) is 9.04. The molecule has 8 heteroatoms. The molecule has 0 spiro atoms. The highest BCUT2D eigenvalue weighted by Crippen LogP contribution is 2.60. The van der Waals surface area contributed by atoms with Gasteiger partial charge in [-0.3, -0.25) is 0 Å². The summed E-state index contributed by atoms with van der Waals surface area (Å²) in [6, 6.07) is 0. The Kier molecular flexibility index (Phi) is 5.04. The van der Waals surface area contributed by atoms with E-state index in [1.807, 2.05) is 0 Å². The maximum atomic E-state index is 12.2. The zero-order valence-corrected chi connectivity index (χ0v) is 13.6. The van der Waals surface area contributed by atoms with Crippen molar-refractivity contribution in [3.63, 3.8) is 0 Å². The lowest BCUT2D eigenvalue weighted by molar-refractivity contribution is -0.130. The molecule has 11 heavy (non-hydrogen) atoms. The first-order valence-corrected chi connectivity index (χ1v) is 6.55. The van der Waals surface area contributed by atoms with Gasteiger partial charge < -0.3 is 0 Å². The standard InChI is InChI=1S/C3Br3F3I2/c4-1(5,2(6,10)11)3(7,8)9. The predicted molar refractivity (Wildman–Crippen MR) is 66.3 cm³/mol. The van der Waals surface area contributed by atoms with Gasteiger partial charge >= 0.3 is 6.18 Å². The molecule has 0 saturated carbocycles. The third-order valence-electron chi connectivity index (χ3n) is 0.712. The van der Waals surface area contributed by atoms with E-state index in [1.165, 1.54) is 0 Å². The van der Waals surface area contributed by atoms with Crippen molar-refractivity contribution >= 4 is 93.0 Å². The van der Waals surface area contributed by atoms with E-state index >= 15 is 0 Å². The highest BCUT2D eigenvalue weighted by molar-refractivity contribution is 14.2. The second-order valence-electron chi connectivity index (χ2n) is 1.57. The molecule has 0 amide bonds. The van der Waals surface area contributed by atoms with Crippen LogP contribution in [-0.4, -0.2) is 9.75 Å². The van der Waals surface area contributed by atoms with Crippen LogP contribution in [0.15, 0.2) is 0 Å². The van der Waals surface area contributed by atoms with Crippen LogP contribution in [0.1, 0.15) is 0 Å². The first kappa shape index (κ1) is 13.7. The quantitative estimate of drug-likeness (QED) is 0.302. The lowest BCUT2D eigenvalue weighted by atomic mass is 10.5. The largest absolute Gasteiger partial charge is 0.416 e. The Hall–Kier alpha value is 2.69. The highest BCUT2D eigenvalue weighted by atomic mass is 127. The SMILES string of the molecule is FC(F)(F)C(Br)(Br)C(Br)(I)I. The van der Waals surface area contributed by atoms with Gasteiger partial charge in [-0.05, 0) is 0 Å². The molecule has 0 unspecified atom stereocenters. The average Bonchev–Trinajstić information content (AvgIpc) is 1.58. The molecule has 0 heterocycles. The van der Waals surface area contributed by atoms with Gasteiger partial charge in [0, 0.05) is 0 Å². The Morgan fingerprint density at radius 2 is 1.18 bits per heavy atom. The minimum Gasteiger partial charge on any atom is -0.168 e. The van der Waals surface area contributed by atoms with E-state index in [0.29, 0.717) is 0 Å². The molecule has 0 fully saturated rings. The van der Waals surface area contributed by atoms with Crippen molar-refractivity contribution < 1.29 is 13.2 Å². The molecular formula is C3Br3F3I2. The van der Waals surface area contributed by atoms with Gasteiger partial charge in [-0.25, -0.2) is 0 Å². The van der Waals surface area contributed by atoms with E-state index < -0.39 is 9.75 Å². The Morgan fingerprint density at radius 1 is 0.909 bits per heavy atom. The molecule has 0 aliphatic rings. The second-order valence-corrected chi connectivity index (χ2v) is 14.5. The average molecular weight is 587 g/mol. The van der Waals surface area contributed by atoms with Crippen LogP contribution in [0, 0.1) is 0 Å². The molecule has 0 N–H and O–H groups in total.